The second-order valence-electron chi connectivity index (χ2n) is 5.14. The van der Waals surface area contributed by atoms with Crippen LogP contribution < -0.4 is 5.73 Å². The van der Waals surface area contributed by atoms with Crippen LogP contribution in [0.3, 0.4) is 0 Å². The van der Waals surface area contributed by atoms with Crippen LogP contribution in [0, 0.1) is 11.8 Å². The highest BCUT2D eigenvalue weighted by Crippen LogP contribution is 2.26. The highest BCUT2D eigenvalue weighted by molar-refractivity contribution is 7.89. The van der Waals surface area contributed by atoms with Gasteiger partial charge in [0.1, 0.15) is 0 Å². The summed E-state index contributed by atoms with van der Waals surface area (Å²) in [7, 11) is -1.98. The number of hydrogen-bond acceptors (Lipinski definition) is 3. The van der Waals surface area contributed by atoms with Gasteiger partial charge >= 0.3 is 0 Å². The fourth-order valence-corrected chi connectivity index (χ4v) is 3.36. The largest absolute Gasteiger partial charge is 0.320 e. The molecule has 1 rings (SSSR count). The molecule has 0 radical (unpaired) electrons. The molecule has 0 bridgehead atoms. The van der Waals surface area contributed by atoms with Crippen LogP contribution in [-0.2, 0) is 10.0 Å². The quantitative estimate of drug-likeness (QED) is 0.861. The Morgan fingerprint density at radius 3 is 2.45 bits per heavy atom. The highest BCUT2D eigenvalue weighted by Gasteiger charge is 2.33. The first-order chi connectivity index (χ1) is 9.27. The van der Waals surface area contributed by atoms with Crippen LogP contribution in [0.15, 0.2) is 29.2 Å². The first-order valence-electron chi connectivity index (χ1n) is 6.54. The number of nitrogens with zero attached hydrogens (tertiary/aromatic N) is 1. The van der Waals surface area contributed by atoms with E-state index in [1.54, 1.807) is 31.3 Å². The van der Waals surface area contributed by atoms with Gasteiger partial charge in [0.15, 0.2) is 0 Å². The molecule has 0 amide bonds. The molecule has 0 atom stereocenters. The molecular weight excluding hydrogens is 272 g/mol. The predicted molar refractivity (Wildman–Crippen MR) is 81.7 cm³/mol. The lowest BCUT2D eigenvalue weighted by molar-refractivity contribution is 0.257. The van der Waals surface area contributed by atoms with Crippen LogP contribution in [0.2, 0.25) is 0 Å². The van der Waals surface area contributed by atoms with Gasteiger partial charge in [0.05, 0.1) is 11.4 Å². The summed E-state index contributed by atoms with van der Waals surface area (Å²) in [6.07, 6.45) is 0.722. The molecule has 0 fully saturated rings. The molecule has 2 N–H and O–H groups in total. The number of sulfonamides is 1. The Bertz CT molecular complexity index is 625. The fourth-order valence-electron chi connectivity index (χ4n) is 1.64. The van der Waals surface area contributed by atoms with Crippen molar-refractivity contribution in [2.75, 3.05) is 13.6 Å². The molecule has 0 saturated carbocycles. The summed E-state index contributed by atoms with van der Waals surface area (Å²) in [5, 5.41) is 0. The van der Waals surface area contributed by atoms with Crippen molar-refractivity contribution in [1.82, 2.24) is 4.31 Å². The predicted octanol–water partition coefficient (Wildman–Crippen LogP) is 1.81. The average molecular weight is 294 g/mol. The minimum atomic E-state index is -3.58. The van der Waals surface area contributed by atoms with Crippen molar-refractivity contribution in [3.63, 3.8) is 0 Å². The van der Waals surface area contributed by atoms with Crippen molar-refractivity contribution < 1.29 is 8.42 Å². The summed E-state index contributed by atoms with van der Waals surface area (Å²) in [4.78, 5) is 0.227. The Kier molecular flexibility index (Phi) is 5.35. The smallest absolute Gasteiger partial charge is 0.244 e. The molecule has 0 aliphatic rings. The molecule has 0 aliphatic carbocycles. The maximum absolute atomic E-state index is 12.7. The van der Waals surface area contributed by atoms with Gasteiger partial charge in [0.25, 0.3) is 0 Å². The maximum Gasteiger partial charge on any atom is 0.244 e. The lowest BCUT2D eigenvalue weighted by atomic mass is 10.0. The second kappa shape index (κ2) is 6.40. The fraction of sp³-hybridized carbons (Fsp3) is 0.467. The standard InChI is InChI=1S/C15H22N2O2S/c1-5-15(2,3)17(4)20(18,19)14-11-7-6-9-13(14)10-8-12-16/h6-7,9,11H,5,12,16H2,1-4H3. The average Bonchev–Trinajstić information content (AvgIpc) is 2.44. The summed E-state index contributed by atoms with van der Waals surface area (Å²) in [6, 6.07) is 6.75. The van der Waals surface area contributed by atoms with E-state index in [1.165, 1.54) is 4.31 Å². The molecule has 0 unspecified atom stereocenters. The molecule has 1 aromatic rings. The van der Waals surface area contributed by atoms with Crippen molar-refractivity contribution >= 4 is 10.0 Å². The molecular formula is C15H22N2O2S. The zero-order chi connectivity index (χ0) is 15.4. The maximum atomic E-state index is 12.7. The van der Waals surface area contributed by atoms with Gasteiger partial charge in [-0.2, -0.15) is 4.31 Å². The molecule has 0 saturated heterocycles. The second-order valence-corrected chi connectivity index (χ2v) is 7.08. The number of benzene rings is 1. The van der Waals surface area contributed by atoms with Gasteiger partial charge in [-0.15, -0.1) is 0 Å². The summed E-state index contributed by atoms with van der Waals surface area (Å²) >= 11 is 0. The van der Waals surface area contributed by atoms with E-state index in [1.807, 2.05) is 20.8 Å². The van der Waals surface area contributed by atoms with Crippen LogP contribution in [0.25, 0.3) is 0 Å². The zero-order valence-corrected chi connectivity index (χ0v) is 13.3. The molecule has 0 spiro atoms. The Balaban J connectivity index is 3.37. The first kappa shape index (κ1) is 16.7. The zero-order valence-electron chi connectivity index (χ0n) is 12.5. The van der Waals surface area contributed by atoms with Crippen molar-refractivity contribution in [2.24, 2.45) is 5.73 Å². The summed E-state index contributed by atoms with van der Waals surface area (Å²) in [5.41, 5.74) is 5.38. The third-order valence-corrected chi connectivity index (χ3v) is 5.70. The van der Waals surface area contributed by atoms with E-state index in [2.05, 4.69) is 11.8 Å². The SMILES string of the molecule is CCC(C)(C)N(C)S(=O)(=O)c1ccccc1C#CCN. The van der Waals surface area contributed by atoms with Crippen LogP contribution in [0.4, 0.5) is 0 Å². The highest BCUT2D eigenvalue weighted by atomic mass is 32.2. The molecule has 1 aromatic carbocycles. The molecule has 5 heteroatoms. The summed E-state index contributed by atoms with van der Waals surface area (Å²) in [6.45, 7) is 5.97. The third kappa shape index (κ3) is 3.40. The minimum Gasteiger partial charge on any atom is -0.320 e. The van der Waals surface area contributed by atoms with E-state index in [4.69, 9.17) is 5.73 Å². The van der Waals surface area contributed by atoms with Crippen molar-refractivity contribution in [1.29, 1.82) is 0 Å². The third-order valence-electron chi connectivity index (χ3n) is 3.57. The van der Waals surface area contributed by atoms with E-state index in [9.17, 15) is 8.42 Å². The van der Waals surface area contributed by atoms with Gasteiger partial charge in [-0.3, -0.25) is 0 Å². The monoisotopic (exact) mass is 294 g/mol. The number of rotatable bonds is 4. The number of hydrogen-bond donors (Lipinski definition) is 1. The molecule has 110 valence electrons. The van der Waals surface area contributed by atoms with Crippen LogP contribution in [-0.4, -0.2) is 31.9 Å². The van der Waals surface area contributed by atoms with Gasteiger partial charge in [-0.25, -0.2) is 8.42 Å². The molecule has 0 aliphatic heterocycles. The van der Waals surface area contributed by atoms with Crippen molar-refractivity contribution in [3.8, 4) is 11.8 Å². The molecule has 0 heterocycles. The van der Waals surface area contributed by atoms with E-state index < -0.39 is 15.6 Å². The first-order valence-corrected chi connectivity index (χ1v) is 7.98. The Hall–Kier alpha value is -1.35. The van der Waals surface area contributed by atoms with Gasteiger partial charge in [-0.05, 0) is 32.4 Å². The lowest BCUT2D eigenvalue weighted by Gasteiger charge is -2.33. The lowest BCUT2D eigenvalue weighted by Crippen LogP contribution is -2.44. The molecule has 0 aromatic heterocycles. The topological polar surface area (TPSA) is 63.4 Å². The van der Waals surface area contributed by atoms with Crippen molar-refractivity contribution in [2.45, 2.75) is 37.6 Å². The van der Waals surface area contributed by atoms with Gasteiger partial charge in [-0.1, -0.05) is 30.9 Å². The summed E-state index contributed by atoms with van der Waals surface area (Å²) < 4.78 is 26.9. The molecule has 20 heavy (non-hydrogen) atoms. The Morgan fingerprint density at radius 2 is 1.90 bits per heavy atom. The van der Waals surface area contributed by atoms with Crippen molar-refractivity contribution in [3.05, 3.63) is 29.8 Å². The van der Waals surface area contributed by atoms with Gasteiger partial charge < -0.3 is 5.73 Å². The Labute approximate surface area is 122 Å². The van der Waals surface area contributed by atoms with E-state index in [-0.39, 0.29) is 11.4 Å². The summed E-state index contributed by atoms with van der Waals surface area (Å²) in [5.74, 6) is 5.53. The minimum absolute atomic E-state index is 0.199. The van der Waals surface area contributed by atoms with Gasteiger partial charge in [0.2, 0.25) is 10.0 Å². The van der Waals surface area contributed by atoms with Gasteiger partial charge in [0, 0.05) is 18.2 Å². The van der Waals surface area contributed by atoms with E-state index in [0.29, 0.717) is 5.56 Å². The van der Waals surface area contributed by atoms with Crippen LogP contribution >= 0.6 is 0 Å². The van der Waals surface area contributed by atoms with E-state index in [0.717, 1.165) is 6.42 Å². The normalized spacial score (nSPS) is 12.1. The van der Waals surface area contributed by atoms with Crippen LogP contribution in [0.1, 0.15) is 32.8 Å². The molecule has 4 nitrogen and oxygen atoms in total. The Morgan fingerprint density at radius 1 is 1.30 bits per heavy atom. The number of nitrogens with two attached hydrogens (primary N) is 1. The van der Waals surface area contributed by atoms with E-state index >= 15 is 0 Å². The van der Waals surface area contributed by atoms with Crippen LogP contribution in [0.5, 0.6) is 0 Å².